The van der Waals surface area contributed by atoms with Gasteiger partial charge in [-0.1, -0.05) is 27.7 Å². The van der Waals surface area contributed by atoms with E-state index in [1.165, 1.54) is 0 Å². The van der Waals surface area contributed by atoms with Crippen LogP contribution in [0, 0.1) is 12.8 Å². The number of hydrogen-bond donors (Lipinski definition) is 1. The van der Waals surface area contributed by atoms with Crippen LogP contribution in [0.15, 0.2) is 12.1 Å². The van der Waals surface area contributed by atoms with Crippen molar-refractivity contribution >= 4 is 5.91 Å². The first-order valence-corrected chi connectivity index (χ1v) is 6.83. The largest absolute Gasteiger partial charge is 0.496 e. The lowest BCUT2D eigenvalue weighted by molar-refractivity contribution is 0.0948. The summed E-state index contributed by atoms with van der Waals surface area (Å²) in [7, 11) is 1.67. The predicted molar refractivity (Wildman–Crippen MR) is 79.0 cm³/mol. The first kappa shape index (κ1) is 15.5. The van der Waals surface area contributed by atoms with Crippen molar-refractivity contribution in [2.24, 2.45) is 5.92 Å². The molecule has 0 bridgehead atoms. The monoisotopic (exact) mass is 263 g/mol. The van der Waals surface area contributed by atoms with E-state index in [9.17, 15) is 4.79 Å². The molecule has 0 saturated carbocycles. The van der Waals surface area contributed by atoms with Crippen LogP contribution >= 0.6 is 0 Å². The lowest BCUT2D eigenvalue weighted by Crippen LogP contribution is -2.28. The van der Waals surface area contributed by atoms with Gasteiger partial charge in [-0.2, -0.15) is 0 Å². The summed E-state index contributed by atoms with van der Waals surface area (Å²) in [5, 5.41) is 2.96. The smallest absolute Gasteiger partial charge is 0.251 e. The Morgan fingerprint density at radius 1 is 1.26 bits per heavy atom. The highest BCUT2D eigenvalue weighted by atomic mass is 16.5. The third-order valence-electron chi connectivity index (χ3n) is 3.11. The molecule has 0 fully saturated rings. The summed E-state index contributed by atoms with van der Waals surface area (Å²) in [5.74, 6) is 1.63. The van der Waals surface area contributed by atoms with Crippen molar-refractivity contribution in [2.75, 3.05) is 13.7 Å². The summed E-state index contributed by atoms with van der Waals surface area (Å²) in [6.07, 6.45) is 0. The van der Waals surface area contributed by atoms with E-state index in [0.717, 1.165) is 22.4 Å². The number of nitrogens with one attached hydrogen (secondary N) is 1. The zero-order chi connectivity index (χ0) is 14.6. The van der Waals surface area contributed by atoms with Gasteiger partial charge in [0.15, 0.2) is 0 Å². The van der Waals surface area contributed by atoms with Gasteiger partial charge < -0.3 is 10.1 Å². The molecule has 1 aromatic rings. The number of benzene rings is 1. The molecular weight excluding hydrogens is 238 g/mol. The van der Waals surface area contributed by atoms with Gasteiger partial charge in [0.05, 0.1) is 7.11 Å². The van der Waals surface area contributed by atoms with Gasteiger partial charge in [0.2, 0.25) is 0 Å². The molecule has 3 heteroatoms. The SMILES string of the molecule is COc1cc(C)c(C(=O)NCC(C)C)cc1C(C)C. The number of rotatable bonds is 5. The van der Waals surface area contributed by atoms with Crippen LogP contribution < -0.4 is 10.1 Å². The fourth-order valence-corrected chi connectivity index (χ4v) is 1.96. The van der Waals surface area contributed by atoms with E-state index in [1.807, 2.05) is 19.1 Å². The number of carbonyl (C=O) groups is 1. The summed E-state index contributed by atoms with van der Waals surface area (Å²) >= 11 is 0. The van der Waals surface area contributed by atoms with Gasteiger partial charge in [0.25, 0.3) is 5.91 Å². The number of ether oxygens (including phenoxy) is 1. The normalized spacial score (nSPS) is 10.9. The third-order valence-corrected chi connectivity index (χ3v) is 3.11. The van der Waals surface area contributed by atoms with Gasteiger partial charge in [-0.25, -0.2) is 0 Å². The van der Waals surface area contributed by atoms with E-state index in [-0.39, 0.29) is 5.91 Å². The maximum absolute atomic E-state index is 12.2. The van der Waals surface area contributed by atoms with Crippen molar-refractivity contribution in [3.8, 4) is 5.75 Å². The van der Waals surface area contributed by atoms with Crippen molar-refractivity contribution in [1.82, 2.24) is 5.32 Å². The molecule has 1 N–H and O–H groups in total. The van der Waals surface area contributed by atoms with E-state index < -0.39 is 0 Å². The van der Waals surface area contributed by atoms with Gasteiger partial charge in [-0.15, -0.1) is 0 Å². The second kappa shape index (κ2) is 6.60. The second-order valence-corrected chi connectivity index (χ2v) is 5.67. The molecule has 0 spiro atoms. The molecule has 106 valence electrons. The minimum Gasteiger partial charge on any atom is -0.496 e. The lowest BCUT2D eigenvalue weighted by atomic mass is 9.96. The molecule has 3 nitrogen and oxygen atoms in total. The third kappa shape index (κ3) is 3.98. The fourth-order valence-electron chi connectivity index (χ4n) is 1.96. The average molecular weight is 263 g/mol. The molecule has 0 aliphatic heterocycles. The molecular formula is C16H25NO2. The van der Waals surface area contributed by atoms with Gasteiger partial charge in [0, 0.05) is 12.1 Å². The Morgan fingerprint density at radius 2 is 1.89 bits per heavy atom. The molecule has 0 unspecified atom stereocenters. The van der Waals surface area contributed by atoms with Crippen LogP contribution in [-0.4, -0.2) is 19.6 Å². The summed E-state index contributed by atoms with van der Waals surface area (Å²) in [5.41, 5.74) is 2.76. The van der Waals surface area contributed by atoms with Crippen LogP contribution in [0.2, 0.25) is 0 Å². The highest BCUT2D eigenvalue weighted by molar-refractivity contribution is 5.96. The molecule has 0 saturated heterocycles. The second-order valence-electron chi connectivity index (χ2n) is 5.67. The Kier molecular flexibility index (Phi) is 5.40. The summed E-state index contributed by atoms with van der Waals surface area (Å²) in [6, 6.07) is 3.90. The zero-order valence-electron chi connectivity index (χ0n) is 12.8. The van der Waals surface area contributed by atoms with Gasteiger partial charge in [-0.05, 0) is 42.0 Å². The highest BCUT2D eigenvalue weighted by Crippen LogP contribution is 2.29. The van der Waals surface area contributed by atoms with Crippen molar-refractivity contribution < 1.29 is 9.53 Å². The van der Waals surface area contributed by atoms with Crippen LogP contribution in [0.4, 0.5) is 0 Å². The molecule has 0 aliphatic rings. The number of hydrogen-bond acceptors (Lipinski definition) is 2. The molecule has 1 amide bonds. The minimum absolute atomic E-state index is 0.00393. The average Bonchev–Trinajstić information content (AvgIpc) is 2.34. The number of aryl methyl sites for hydroxylation is 1. The van der Waals surface area contributed by atoms with Crippen molar-refractivity contribution in [3.05, 3.63) is 28.8 Å². The Balaban J connectivity index is 3.07. The highest BCUT2D eigenvalue weighted by Gasteiger charge is 2.15. The van der Waals surface area contributed by atoms with Crippen LogP contribution in [0.1, 0.15) is 55.1 Å². The summed E-state index contributed by atoms with van der Waals surface area (Å²) in [4.78, 5) is 12.2. The Bertz CT molecular complexity index is 450. The zero-order valence-corrected chi connectivity index (χ0v) is 12.8. The van der Waals surface area contributed by atoms with Crippen molar-refractivity contribution in [1.29, 1.82) is 0 Å². The van der Waals surface area contributed by atoms with Gasteiger partial charge in [0.1, 0.15) is 5.75 Å². The van der Waals surface area contributed by atoms with Crippen LogP contribution in [0.3, 0.4) is 0 Å². The Hall–Kier alpha value is -1.51. The molecule has 0 radical (unpaired) electrons. The number of carbonyl (C=O) groups excluding carboxylic acids is 1. The first-order chi connectivity index (χ1) is 8.86. The van der Waals surface area contributed by atoms with Crippen LogP contribution in [-0.2, 0) is 0 Å². The lowest BCUT2D eigenvalue weighted by Gasteiger charge is -2.16. The van der Waals surface area contributed by atoms with Crippen LogP contribution in [0.25, 0.3) is 0 Å². The molecule has 0 aliphatic carbocycles. The summed E-state index contributed by atoms with van der Waals surface area (Å²) in [6.45, 7) is 11.0. The van der Waals surface area contributed by atoms with Crippen molar-refractivity contribution in [3.63, 3.8) is 0 Å². The van der Waals surface area contributed by atoms with Gasteiger partial charge >= 0.3 is 0 Å². The summed E-state index contributed by atoms with van der Waals surface area (Å²) < 4.78 is 5.39. The number of methoxy groups -OCH3 is 1. The minimum atomic E-state index is -0.00393. The quantitative estimate of drug-likeness (QED) is 0.882. The molecule has 0 atom stereocenters. The molecule has 1 rings (SSSR count). The maximum Gasteiger partial charge on any atom is 0.251 e. The standard InChI is InChI=1S/C16H25NO2/c1-10(2)9-17-16(18)14-8-13(11(3)4)15(19-6)7-12(14)5/h7-8,10-11H,9H2,1-6H3,(H,17,18). The van der Waals surface area contributed by atoms with Gasteiger partial charge in [-0.3, -0.25) is 4.79 Å². The predicted octanol–water partition coefficient (Wildman–Crippen LogP) is 3.51. The van der Waals surface area contributed by atoms with E-state index in [1.54, 1.807) is 7.11 Å². The topological polar surface area (TPSA) is 38.3 Å². The number of amides is 1. The molecule has 0 aromatic heterocycles. The molecule has 19 heavy (non-hydrogen) atoms. The maximum atomic E-state index is 12.2. The molecule has 0 heterocycles. The van der Waals surface area contributed by atoms with E-state index in [2.05, 4.69) is 33.0 Å². The van der Waals surface area contributed by atoms with Crippen molar-refractivity contribution in [2.45, 2.75) is 40.5 Å². The molecule has 1 aromatic carbocycles. The van der Waals surface area contributed by atoms with E-state index in [0.29, 0.717) is 18.4 Å². The first-order valence-electron chi connectivity index (χ1n) is 6.83. The Morgan fingerprint density at radius 3 is 2.37 bits per heavy atom. The van der Waals surface area contributed by atoms with E-state index in [4.69, 9.17) is 4.74 Å². The van der Waals surface area contributed by atoms with E-state index >= 15 is 0 Å². The Labute approximate surface area is 116 Å². The fraction of sp³-hybridized carbons (Fsp3) is 0.562. The van der Waals surface area contributed by atoms with Crippen LogP contribution in [0.5, 0.6) is 5.75 Å².